The number of aromatic nitrogens is 2. The Morgan fingerprint density at radius 1 is 0.905 bits per heavy atom. The van der Waals surface area contributed by atoms with Gasteiger partial charge in [0.1, 0.15) is 5.52 Å². The lowest BCUT2D eigenvalue weighted by atomic mass is 10.1. The number of alkyl halides is 9. The summed E-state index contributed by atoms with van der Waals surface area (Å²) in [5.41, 5.74) is -4.33. The van der Waals surface area contributed by atoms with E-state index in [4.69, 9.17) is 34.8 Å². The van der Waals surface area contributed by atoms with E-state index >= 15 is 0 Å². The molecule has 0 amide bonds. The number of nitrogens with zero attached hydrogens (tertiary/aromatic N) is 1. The molecule has 0 spiro atoms. The molecule has 1 aromatic heterocycles. The summed E-state index contributed by atoms with van der Waals surface area (Å²) in [6.45, 7) is 0. The van der Waals surface area contributed by atoms with E-state index in [1.807, 2.05) is 0 Å². The largest absolute Gasteiger partial charge is 0.418 e. The summed E-state index contributed by atoms with van der Waals surface area (Å²) >= 11 is 16.4. The smallest absolute Gasteiger partial charge is 0.338 e. The second kappa shape index (κ2) is 4.82. The minimum absolute atomic E-state index is 0.0364. The molecule has 0 bridgehead atoms. The van der Waals surface area contributed by atoms with Crippen LogP contribution in [0.5, 0.6) is 0 Å². The highest BCUT2D eigenvalue weighted by Gasteiger charge is 2.40. The van der Waals surface area contributed by atoms with Crippen molar-refractivity contribution in [2.45, 2.75) is 16.1 Å². The fraction of sp³-hybridized carbons (Fsp3) is 0.300. The van der Waals surface area contributed by atoms with E-state index in [0.29, 0.717) is 6.07 Å². The Hall–Kier alpha value is -0.860. The van der Waals surface area contributed by atoms with E-state index in [0.717, 1.165) is 0 Å². The summed E-state index contributed by atoms with van der Waals surface area (Å²) in [5.74, 6) is -0.507. The molecular weight excluding hydrogens is 368 g/mol. The zero-order chi connectivity index (χ0) is 16.2. The minimum atomic E-state index is -5.04. The number of imidazole rings is 1. The Bertz CT molecular complexity index is 683. The number of rotatable bonds is 0. The average molecular weight is 371 g/mol. The number of hydrogen-bond donors (Lipinski definition) is 1. The lowest BCUT2D eigenvalue weighted by molar-refractivity contribution is -0.142. The van der Waals surface area contributed by atoms with E-state index in [2.05, 4.69) is 9.97 Å². The van der Waals surface area contributed by atoms with Crippen LogP contribution >= 0.6 is 34.8 Å². The Balaban J connectivity index is 2.81. The highest BCUT2D eigenvalue weighted by molar-refractivity contribution is 6.66. The van der Waals surface area contributed by atoms with Crippen molar-refractivity contribution >= 4 is 45.8 Å². The van der Waals surface area contributed by atoms with Crippen LogP contribution in [-0.2, 0) is 16.1 Å². The molecule has 0 saturated carbocycles. The van der Waals surface area contributed by atoms with Crippen molar-refractivity contribution in [3.63, 3.8) is 0 Å². The van der Waals surface area contributed by atoms with Gasteiger partial charge in [0.15, 0.2) is 5.82 Å². The molecule has 21 heavy (non-hydrogen) atoms. The summed E-state index contributed by atoms with van der Waals surface area (Å²) in [6.07, 6.45) is -10.0. The lowest BCUT2D eigenvalue weighted by Crippen LogP contribution is -2.11. The van der Waals surface area contributed by atoms with Crippen molar-refractivity contribution in [2.24, 2.45) is 0 Å². The second-order valence-corrected chi connectivity index (χ2v) is 6.28. The molecule has 2 rings (SSSR count). The van der Waals surface area contributed by atoms with Gasteiger partial charge in [-0.15, -0.1) is 0 Å². The molecular formula is C10H3Cl3F6N2. The standard InChI is InChI=1S/C10H3Cl3F6N2/c11-8(12,13)7-20-5-2-3(9(14,15)16)1-4(6(5)21-7)10(17,18)19/h1-2H,(H,20,21). The molecule has 0 aliphatic carbocycles. The molecule has 0 aliphatic heterocycles. The summed E-state index contributed by atoms with van der Waals surface area (Å²) < 4.78 is 74.4. The van der Waals surface area contributed by atoms with Crippen LogP contribution in [0, 0.1) is 0 Å². The Morgan fingerprint density at radius 2 is 1.48 bits per heavy atom. The zero-order valence-corrected chi connectivity index (χ0v) is 11.8. The average Bonchev–Trinajstić information content (AvgIpc) is 2.67. The van der Waals surface area contributed by atoms with E-state index in [1.165, 1.54) is 0 Å². The van der Waals surface area contributed by atoms with Crippen LogP contribution in [0.15, 0.2) is 12.1 Å². The van der Waals surface area contributed by atoms with Crippen LogP contribution in [0.3, 0.4) is 0 Å². The van der Waals surface area contributed by atoms with Gasteiger partial charge in [-0.3, -0.25) is 0 Å². The molecule has 2 nitrogen and oxygen atoms in total. The Morgan fingerprint density at radius 3 is 1.90 bits per heavy atom. The Labute approximate surface area is 128 Å². The van der Waals surface area contributed by atoms with E-state index < -0.39 is 44.1 Å². The first kappa shape index (κ1) is 16.5. The van der Waals surface area contributed by atoms with Gasteiger partial charge in [-0.25, -0.2) is 4.98 Å². The van der Waals surface area contributed by atoms with Crippen molar-refractivity contribution in [3.05, 3.63) is 29.1 Å². The first-order chi connectivity index (χ1) is 9.30. The van der Waals surface area contributed by atoms with Crippen LogP contribution in [0.1, 0.15) is 17.0 Å². The van der Waals surface area contributed by atoms with Gasteiger partial charge in [0.2, 0.25) is 3.79 Å². The summed E-state index contributed by atoms with van der Waals surface area (Å²) in [7, 11) is 0. The number of nitrogens with one attached hydrogen (secondary N) is 1. The van der Waals surface area contributed by atoms with Gasteiger partial charge in [0.05, 0.1) is 16.6 Å². The maximum absolute atomic E-state index is 12.9. The summed E-state index contributed by atoms with van der Waals surface area (Å²) in [6, 6.07) is 0.433. The van der Waals surface area contributed by atoms with Crippen LogP contribution < -0.4 is 0 Å². The first-order valence-corrected chi connectivity index (χ1v) is 6.19. The molecule has 0 saturated heterocycles. The minimum Gasteiger partial charge on any atom is -0.338 e. The summed E-state index contributed by atoms with van der Waals surface area (Å²) in [5, 5.41) is 0. The van der Waals surface area contributed by atoms with Gasteiger partial charge in [0, 0.05) is 0 Å². The quantitative estimate of drug-likeness (QED) is 0.486. The second-order valence-electron chi connectivity index (χ2n) is 4.00. The van der Waals surface area contributed by atoms with Gasteiger partial charge in [-0.2, -0.15) is 26.3 Å². The Kier molecular flexibility index (Phi) is 3.79. The van der Waals surface area contributed by atoms with E-state index in [9.17, 15) is 26.3 Å². The number of fused-ring (bicyclic) bond motifs is 1. The van der Waals surface area contributed by atoms with Crippen LogP contribution in [-0.4, -0.2) is 9.97 Å². The normalized spacial score (nSPS) is 14.0. The number of benzene rings is 1. The van der Waals surface area contributed by atoms with Crippen molar-refractivity contribution < 1.29 is 26.3 Å². The van der Waals surface area contributed by atoms with Crippen LogP contribution in [0.2, 0.25) is 0 Å². The molecule has 11 heteroatoms. The molecule has 0 aliphatic rings. The predicted molar refractivity (Wildman–Crippen MR) is 65.3 cm³/mol. The van der Waals surface area contributed by atoms with Gasteiger partial charge in [0.25, 0.3) is 0 Å². The molecule has 0 atom stereocenters. The van der Waals surface area contributed by atoms with Crippen molar-refractivity contribution in [3.8, 4) is 0 Å². The van der Waals surface area contributed by atoms with Gasteiger partial charge in [-0.1, -0.05) is 34.8 Å². The lowest BCUT2D eigenvalue weighted by Gasteiger charge is -2.11. The monoisotopic (exact) mass is 370 g/mol. The molecule has 0 fully saturated rings. The number of H-pyrrole nitrogens is 1. The molecule has 1 heterocycles. The first-order valence-electron chi connectivity index (χ1n) is 5.05. The van der Waals surface area contributed by atoms with Crippen LogP contribution in [0.25, 0.3) is 11.0 Å². The third kappa shape index (κ3) is 3.32. The number of hydrogen-bond acceptors (Lipinski definition) is 1. The van der Waals surface area contributed by atoms with E-state index in [1.54, 1.807) is 0 Å². The van der Waals surface area contributed by atoms with Crippen molar-refractivity contribution in [1.29, 1.82) is 0 Å². The topological polar surface area (TPSA) is 28.7 Å². The molecule has 2 aromatic rings. The molecule has 0 radical (unpaired) electrons. The number of aromatic amines is 1. The highest BCUT2D eigenvalue weighted by Crippen LogP contribution is 2.42. The van der Waals surface area contributed by atoms with Crippen molar-refractivity contribution in [2.75, 3.05) is 0 Å². The SMILES string of the molecule is FC(F)(F)c1cc(C(F)(F)F)c2nc(C(Cl)(Cl)Cl)[nH]c2c1. The maximum Gasteiger partial charge on any atom is 0.418 e. The molecule has 116 valence electrons. The fourth-order valence-electron chi connectivity index (χ4n) is 1.63. The molecule has 1 aromatic carbocycles. The highest BCUT2D eigenvalue weighted by atomic mass is 35.6. The fourth-order valence-corrected chi connectivity index (χ4v) is 1.90. The van der Waals surface area contributed by atoms with Crippen molar-refractivity contribution in [1.82, 2.24) is 9.97 Å². The third-order valence-corrected chi connectivity index (χ3v) is 3.02. The van der Waals surface area contributed by atoms with Gasteiger partial charge in [-0.05, 0) is 12.1 Å². The van der Waals surface area contributed by atoms with Gasteiger partial charge < -0.3 is 4.98 Å². The third-order valence-electron chi connectivity index (χ3n) is 2.49. The maximum atomic E-state index is 12.9. The zero-order valence-electron chi connectivity index (χ0n) is 9.50. The molecule has 1 N–H and O–H groups in total. The van der Waals surface area contributed by atoms with E-state index in [-0.39, 0.29) is 6.07 Å². The van der Waals surface area contributed by atoms with Gasteiger partial charge >= 0.3 is 12.4 Å². The van der Waals surface area contributed by atoms with Crippen LogP contribution in [0.4, 0.5) is 26.3 Å². The predicted octanol–water partition coefficient (Wildman–Crippen LogP) is 5.43. The molecule has 0 unspecified atom stereocenters. The summed E-state index contributed by atoms with van der Waals surface area (Å²) in [4.78, 5) is 5.59. The number of halogens is 9.